The highest BCUT2D eigenvalue weighted by Gasteiger charge is 2.19. The summed E-state index contributed by atoms with van der Waals surface area (Å²) in [5, 5.41) is 21.3. The van der Waals surface area contributed by atoms with Crippen LogP contribution < -0.4 is 0 Å². The minimum absolute atomic E-state index is 0.152. The van der Waals surface area contributed by atoms with Crippen molar-refractivity contribution < 1.29 is 10.0 Å². The van der Waals surface area contributed by atoms with E-state index in [1.54, 1.807) is 13.0 Å². The Bertz CT molecular complexity index is 559. The highest BCUT2D eigenvalue weighted by molar-refractivity contribution is 5.44. The van der Waals surface area contributed by atoms with Crippen molar-refractivity contribution in [2.45, 2.75) is 19.6 Å². The van der Waals surface area contributed by atoms with Crippen molar-refractivity contribution in [1.82, 2.24) is 14.7 Å². The third kappa shape index (κ3) is 5.24. The number of hydrogen-bond donors (Lipinski definition) is 1. The molecule has 7 heteroatoms. The summed E-state index contributed by atoms with van der Waals surface area (Å²) in [5.41, 5.74) is 1.78. The van der Waals surface area contributed by atoms with Gasteiger partial charge in [-0.05, 0) is 26.6 Å². The number of piperazine rings is 1. The molecule has 1 aliphatic rings. The van der Waals surface area contributed by atoms with E-state index in [1.165, 1.54) is 6.07 Å². The van der Waals surface area contributed by atoms with E-state index in [9.17, 15) is 15.2 Å². The third-order valence-corrected chi connectivity index (χ3v) is 4.64. The van der Waals surface area contributed by atoms with Gasteiger partial charge in [0.15, 0.2) is 0 Å². The number of β-amino-alcohol motifs (C(OH)–C–C–N with tert-alkyl or cyclic N) is 1. The van der Waals surface area contributed by atoms with Crippen LogP contribution in [0.15, 0.2) is 18.2 Å². The predicted molar refractivity (Wildman–Crippen MR) is 94.1 cm³/mol. The molecule has 1 saturated heterocycles. The van der Waals surface area contributed by atoms with E-state index in [0.717, 1.165) is 31.7 Å². The minimum Gasteiger partial charge on any atom is -0.390 e. The highest BCUT2D eigenvalue weighted by Crippen LogP contribution is 2.22. The Kier molecular flexibility index (Phi) is 6.68. The predicted octanol–water partition coefficient (Wildman–Crippen LogP) is 0.943. The second-order valence-electron chi connectivity index (χ2n) is 6.77. The summed E-state index contributed by atoms with van der Waals surface area (Å²) in [6.07, 6.45) is -0.419. The van der Waals surface area contributed by atoms with Crippen LogP contribution in [-0.2, 0) is 6.54 Å². The molecular formula is C17H28N4O3. The van der Waals surface area contributed by atoms with E-state index >= 15 is 0 Å². The lowest BCUT2D eigenvalue weighted by Gasteiger charge is -2.34. The quantitative estimate of drug-likeness (QED) is 0.590. The first-order valence-corrected chi connectivity index (χ1v) is 8.37. The maximum atomic E-state index is 11.0. The van der Waals surface area contributed by atoms with Crippen molar-refractivity contribution in [2.75, 3.05) is 53.4 Å². The van der Waals surface area contributed by atoms with Gasteiger partial charge in [0, 0.05) is 57.4 Å². The zero-order valence-electron chi connectivity index (χ0n) is 14.8. The first-order valence-electron chi connectivity index (χ1n) is 8.37. The zero-order valence-corrected chi connectivity index (χ0v) is 14.8. The molecule has 1 N–H and O–H groups in total. The Morgan fingerprint density at radius 3 is 2.62 bits per heavy atom. The molecule has 2 rings (SSSR count). The van der Waals surface area contributed by atoms with Gasteiger partial charge in [-0.15, -0.1) is 0 Å². The topological polar surface area (TPSA) is 73.1 Å². The van der Waals surface area contributed by atoms with Crippen molar-refractivity contribution >= 4 is 5.69 Å². The standard InChI is InChI=1S/C17H28N4O3/c1-14-15(5-4-6-17(14)21(23)24)11-19(3)12-16(22)13-20-9-7-18(2)8-10-20/h4-6,16,22H,7-13H2,1-3H3. The van der Waals surface area contributed by atoms with Gasteiger partial charge in [-0.25, -0.2) is 0 Å². The van der Waals surface area contributed by atoms with Crippen LogP contribution in [0.1, 0.15) is 11.1 Å². The first kappa shape index (κ1) is 18.8. The fourth-order valence-corrected chi connectivity index (χ4v) is 3.14. The molecule has 0 spiro atoms. The minimum atomic E-state index is -0.419. The number of rotatable bonds is 7. The summed E-state index contributed by atoms with van der Waals surface area (Å²) in [6.45, 7) is 7.64. The second kappa shape index (κ2) is 8.53. The van der Waals surface area contributed by atoms with Gasteiger partial charge in [0.25, 0.3) is 5.69 Å². The van der Waals surface area contributed by atoms with Gasteiger partial charge in [-0.1, -0.05) is 12.1 Å². The van der Waals surface area contributed by atoms with Crippen LogP contribution in [0.25, 0.3) is 0 Å². The van der Waals surface area contributed by atoms with Gasteiger partial charge in [-0.2, -0.15) is 0 Å². The number of aliphatic hydroxyl groups excluding tert-OH is 1. The van der Waals surface area contributed by atoms with Gasteiger partial charge in [0.05, 0.1) is 11.0 Å². The SMILES string of the molecule is Cc1c(CN(C)CC(O)CN2CCN(C)CC2)cccc1[N+](=O)[O-]. The van der Waals surface area contributed by atoms with Crippen LogP contribution in [-0.4, -0.2) is 84.2 Å². The third-order valence-electron chi connectivity index (χ3n) is 4.64. The van der Waals surface area contributed by atoms with E-state index in [1.807, 2.05) is 18.0 Å². The molecule has 0 aromatic heterocycles. The summed E-state index contributed by atoms with van der Waals surface area (Å²) in [4.78, 5) is 17.3. The Hall–Kier alpha value is -1.54. The Labute approximate surface area is 143 Å². The van der Waals surface area contributed by atoms with Crippen molar-refractivity contribution in [3.63, 3.8) is 0 Å². The van der Waals surface area contributed by atoms with Crippen molar-refractivity contribution in [3.8, 4) is 0 Å². The number of nitro groups is 1. The van der Waals surface area contributed by atoms with Crippen LogP contribution in [0.4, 0.5) is 5.69 Å². The Balaban J connectivity index is 1.85. The Morgan fingerprint density at radius 2 is 2.00 bits per heavy atom. The fraction of sp³-hybridized carbons (Fsp3) is 0.647. The number of benzene rings is 1. The van der Waals surface area contributed by atoms with Gasteiger partial charge in [0.1, 0.15) is 0 Å². The van der Waals surface area contributed by atoms with Crippen LogP contribution in [0.3, 0.4) is 0 Å². The normalized spacial score (nSPS) is 18.0. The van der Waals surface area contributed by atoms with E-state index in [-0.39, 0.29) is 10.6 Å². The average molecular weight is 336 g/mol. The largest absolute Gasteiger partial charge is 0.390 e. The molecule has 1 aliphatic heterocycles. The van der Waals surface area contributed by atoms with Crippen LogP contribution >= 0.6 is 0 Å². The molecule has 1 heterocycles. The molecule has 134 valence electrons. The van der Waals surface area contributed by atoms with Crippen molar-refractivity contribution in [1.29, 1.82) is 0 Å². The summed E-state index contributed by atoms with van der Waals surface area (Å²) in [5.74, 6) is 0. The zero-order chi connectivity index (χ0) is 17.7. The monoisotopic (exact) mass is 336 g/mol. The molecule has 1 aromatic carbocycles. The van der Waals surface area contributed by atoms with Crippen LogP contribution in [0, 0.1) is 17.0 Å². The maximum absolute atomic E-state index is 11.0. The van der Waals surface area contributed by atoms with Crippen molar-refractivity contribution in [2.24, 2.45) is 0 Å². The molecule has 1 fully saturated rings. The molecule has 0 bridgehead atoms. The molecule has 24 heavy (non-hydrogen) atoms. The lowest BCUT2D eigenvalue weighted by atomic mass is 10.1. The molecule has 0 amide bonds. The summed E-state index contributed by atoms with van der Waals surface area (Å²) in [7, 11) is 4.05. The number of hydrogen-bond acceptors (Lipinski definition) is 6. The molecule has 1 aromatic rings. The summed E-state index contributed by atoms with van der Waals surface area (Å²) >= 11 is 0. The van der Waals surface area contributed by atoms with E-state index < -0.39 is 6.10 Å². The fourth-order valence-electron chi connectivity index (χ4n) is 3.14. The summed E-state index contributed by atoms with van der Waals surface area (Å²) in [6, 6.07) is 5.15. The lowest BCUT2D eigenvalue weighted by molar-refractivity contribution is -0.385. The van der Waals surface area contributed by atoms with Gasteiger partial charge in [-0.3, -0.25) is 19.9 Å². The number of nitro benzene ring substituents is 1. The second-order valence-corrected chi connectivity index (χ2v) is 6.77. The van der Waals surface area contributed by atoms with Crippen molar-refractivity contribution in [3.05, 3.63) is 39.4 Å². The molecule has 1 atom stereocenters. The number of likely N-dealkylation sites (N-methyl/N-ethyl adjacent to an activating group) is 2. The molecule has 7 nitrogen and oxygen atoms in total. The number of aliphatic hydroxyl groups is 1. The smallest absolute Gasteiger partial charge is 0.272 e. The van der Waals surface area contributed by atoms with E-state index in [2.05, 4.69) is 16.8 Å². The lowest BCUT2D eigenvalue weighted by Crippen LogP contribution is -2.48. The molecule has 0 saturated carbocycles. The average Bonchev–Trinajstić information content (AvgIpc) is 2.51. The molecule has 0 radical (unpaired) electrons. The Morgan fingerprint density at radius 1 is 1.33 bits per heavy atom. The molecular weight excluding hydrogens is 308 g/mol. The van der Waals surface area contributed by atoms with Gasteiger partial charge >= 0.3 is 0 Å². The molecule has 0 aliphatic carbocycles. The van der Waals surface area contributed by atoms with Gasteiger partial charge in [0.2, 0.25) is 0 Å². The molecule has 1 unspecified atom stereocenters. The highest BCUT2D eigenvalue weighted by atomic mass is 16.6. The van der Waals surface area contributed by atoms with E-state index in [0.29, 0.717) is 25.2 Å². The summed E-state index contributed by atoms with van der Waals surface area (Å²) < 4.78 is 0. The number of nitrogens with zero attached hydrogens (tertiary/aromatic N) is 4. The first-order chi connectivity index (χ1) is 11.4. The van der Waals surface area contributed by atoms with E-state index in [4.69, 9.17) is 0 Å². The van der Waals surface area contributed by atoms with Crippen LogP contribution in [0.2, 0.25) is 0 Å². The maximum Gasteiger partial charge on any atom is 0.272 e. The van der Waals surface area contributed by atoms with Gasteiger partial charge < -0.3 is 10.0 Å². The van der Waals surface area contributed by atoms with Crippen LogP contribution in [0.5, 0.6) is 0 Å².